The standard InChI is InChI=1S/C12H16N2O4S/c1-7(15)10(11(16)17)14-12(18)13-8-3-5-9(19-2)6-4-8/h3-7,10,15H,1-2H3,(H,16,17)(H2,13,14,18). The predicted octanol–water partition coefficient (Wildman–Crippen LogP) is 1.36. The largest absolute Gasteiger partial charge is 0.480 e. The Morgan fingerprint density at radius 2 is 1.84 bits per heavy atom. The van der Waals surface area contributed by atoms with Crippen molar-refractivity contribution in [2.24, 2.45) is 0 Å². The van der Waals surface area contributed by atoms with E-state index in [4.69, 9.17) is 5.11 Å². The summed E-state index contributed by atoms with van der Waals surface area (Å²) >= 11 is 1.58. The lowest BCUT2D eigenvalue weighted by Gasteiger charge is -2.17. The Bertz CT molecular complexity index is 448. The topological polar surface area (TPSA) is 98.7 Å². The van der Waals surface area contributed by atoms with E-state index >= 15 is 0 Å². The summed E-state index contributed by atoms with van der Waals surface area (Å²) in [5.41, 5.74) is 0.546. The number of hydrogen-bond donors (Lipinski definition) is 4. The first-order valence-corrected chi connectivity index (χ1v) is 6.79. The monoisotopic (exact) mass is 284 g/mol. The van der Waals surface area contributed by atoms with Crippen molar-refractivity contribution in [3.63, 3.8) is 0 Å². The minimum Gasteiger partial charge on any atom is -0.480 e. The lowest BCUT2D eigenvalue weighted by atomic mass is 10.2. The van der Waals surface area contributed by atoms with Crippen molar-refractivity contribution in [2.75, 3.05) is 11.6 Å². The van der Waals surface area contributed by atoms with E-state index in [1.165, 1.54) is 6.92 Å². The molecule has 19 heavy (non-hydrogen) atoms. The Hall–Kier alpha value is -1.73. The molecule has 2 amide bonds. The van der Waals surface area contributed by atoms with Crippen LogP contribution in [0.25, 0.3) is 0 Å². The van der Waals surface area contributed by atoms with Crippen LogP contribution in [0.15, 0.2) is 29.2 Å². The summed E-state index contributed by atoms with van der Waals surface area (Å²) in [6, 6.07) is 5.08. The first kappa shape index (κ1) is 15.3. The molecule has 1 aromatic rings. The van der Waals surface area contributed by atoms with Gasteiger partial charge in [0.05, 0.1) is 6.10 Å². The second-order valence-electron chi connectivity index (χ2n) is 3.88. The molecule has 0 heterocycles. The van der Waals surface area contributed by atoms with Gasteiger partial charge in [-0.1, -0.05) is 0 Å². The Balaban J connectivity index is 2.61. The molecule has 0 radical (unpaired) electrons. The summed E-state index contributed by atoms with van der Waals surface area (Å²) in [6.07, 6.45) is 0.761. The normalized spacial score (nSPS) is 13.4. The molecule has 0 aliphatic carbocycles. The van der Waals surface area contributed by atoms with E-state index in [0.717, 1.165) is 4.90 Å². The Labute approximate surface area is 115 Å². The smallest absolute Gasteiger partial charge is 0.328 e. The maximum absolute atomic E-state index is 11.6. The quantitative estimate of drug-likeness (QED) is 0.612. The number of carboxylic acid groups (broad SMARTS) is 1. The molecular formula is C12H16N2O4S. The van der Waals surface area contributed by atoms with Crippen LogP contribution in [-0.2, 0) is 4.79 Å². The van der Waals surface area contributed by atoms with Gasteiger partial charge in [0, 0.05) is 10.6 Å². The van der Waals surface area contributed by atoms with Gasteiger partial charge in [0.2, 0.25) is 0 Å². The van der Waals surface area contributed by atoms with Gasteiger partial charge in [0.15, 0.2) is 6.04 Å². The molecule has 0 saturated carbocycles. The fraction of sp³-hybridized carbons (Fsp3) is 0.333. The average molecular weight is 284 g/mol. The first-order chi connectivity index (χ1) is 8.93. The molecular weight excluding hydrogens is 268 g/mol. The van der Waals surface area contributed by atoms with Crippen LogP contribution in [0.5, 0.6) is 0 Å². The van der Waals surface area contributed by atoms with Crippen LogP contribution in [0.4, 0.5) is 10.5 Å². The number of aliphatic carboxylic acids is 1. The van der Waals surface area contributed by atoms with Crippen LogP contribution in [0, 0.1) is 0 Å². The molecule has 0 fully saturated rings. The van der Waals surface area contributed by atoms with Crippen molar-refractivity contribution in [2.45, 2.75) is 24.0 Å². The molecule has 4 N–H and O–H groups in total. The Morgan fingerprint density at radius 3 is 2.26 bits per heavy atom. The molecule has 7 heteroatoms. The number of anilines is 1. The molecule has 1 aromatic carbocycles. The lowest BCUT2D eigenvalue weighted by Crippen LogP contribution is -2.49. The number of aliphatic hydroxyl groups is 1. The number of carbonyl (C=O) groups excluding carboxylic acids is 1. The van der Waals surface area contributed by atoms with Gasteiger partial charge in [-0.25, -0.2) is 9.59 Å². The molecule has 2 atom stereocenters. The summed E-state index contributed by atoms with van der Waals surface area (Å²) in [5.74, 6) is -1.29. The fourth-order valence-electron chi connectivity index (χ4n) is 1.37. The summed E-state index contributed by atoms with van der Waals surface area (Å²) in [4.78, 5) is 23.4. The number of benzene rings is 1. The van der Waals surface area contributed by atoms with Crippen LogP contribution in [-0.4, -0.2) is 40.6 Å². The van der Waals surface area contributed by atoms with E-state index in [1.807, 2.05) is 18.4 Å². The molecule has 0 bridgehead atoms. The number of urea groups is 1. The minimum atomic E-state index is -1.34. The molecule has 0 saturated heterocycles. The Morgan fingerprint density at radius 1 is 1.26 bits per heavy atom. The molecule has 104 valence electrons. The van der Waals surface area contributed by atoms with Crippen molar-refractivity contribution >= 4 is 29.4 Å². The number of thioether (sulfide) groups is 1. The van der Waals surface area contributed by atoms with E-state index in [0.29, 0.717) is 5.69 Å². The van der Waals surface area contributed by atoms with Crippen molar-refractivity contribution in [3.05, 3.63) is 24.3 Å². The van der Waals surface area contributed by atoms with Crippen LogP contribution >= 0.6 is 11.8 Å². The van der Waals surface area contributed by atoms with Gasteiger partial charge in [0.25, 0.3) is 0 Å². The maximum atomic E-state index is 11.6. The number of amides is 2. The summed E-state index contributed by atoms with van der Waals surface area (Å²) in [7, 11) is 0. The highest BCUT2D eigenvalue weighted by Crippen LogP contribution is 2.17. The molecule has 0 aromatic heterocycles. The molecule has 0 spiro atoms. The zero-order valence-electron chi connectivity index (χ0n) is 10.6. The third-order valence-electron chi connectivity index (χ3n) is 2.38. The van der Waals surface area contributed by atoms with Crippen molar-refractivity contribution in [1.82, 2.24) is 5.32 Å². The zero-order chi connectivity index (χ0) is 14.4. The molecule has 2 unspecified atom stereocenters. The first-order valence-electron chi connectivity index (χ1n) is 5.56. The number of rotatable bonds is 5. The number of carboxylic acids is 1. The van der Waals surface area contributed by atoms with E-state index in [1.54, 1.807) is 23.9 Å². The number of hydrogen-bond acceptors (Lipinski definition) is 4. The maximum Gasteiger partial charge on any atom is 0.328 e. The number of carbonyl (C=O) groups is 2. The van der Waals surface area contributed by atoms with Crippen LogP contribution in [0.2, 0.25) is 0 Å². The predicted molar refractivity (Wildman–Crippen MR) is 73.5 cm³/mol. The van der Waals surface area contributed by atoms with Crippen molar-refractivity contribution in [3.8, 4) is 0 Å². The lowest BCUT2D eigenvalue weighted by molar-refractivity contribution is -0.141. The molecule has 0 aliphatic heterocycles. The fourth-order valence-corrected chi connectivity index (χ4v) is 1.78. The summed E-state index contributed by atoms with van der Waals surface area (Å²) in [6.45, 7) is 1.30. The van der Waals surface area contributed by atoms with E-state index in [-0.39, 0.29) is 0 Å². The van der Waals surface area contributed by atoms with Gasteiger partial charge in [-0.15, -0.1) is 11.8 Å². The third-order valence-corrected chi connectivity index (χ3v) is 3.13. The Kier molecular flexibility index (Phi) is 5.65. The zero-order valence-corrected chi connectivity index (χ0v) is 11.4. The highest BCUT2D eigenvalue weighted by atomic mass is 32.2. The van der Waals surface area contributed by atoms with Gasteiger partial charge in [0.1, 0.15) is 0 Å². The van der Waals surface area contributed by atoms with Crippen LogP contribution < -0.4 is 10.6 Å². The van der Waals surface area contributed by atoms with Gasteiger partial charge in [-0.3, -0.25) is 0 Å². The van der Waals surface area contributed by atoms with Gasteiger partial charge < -0.3 is 20.8 Å². The van der Waals surface area contributed by atoms with Crippen molar-refractivity contribution in [1.29, 1.82) is 0 Å². The average Bonchev–Trinajstić information content (AvgIpc) is 2.36. The van der Waals surface area contributed by atoms with E-state index in [2.05, 4.69) is 10.6 Å². The minimum absolute atomic E-state index is 0.546. The van der Waals surface area contributed by atoms with Gasteiger partial charge in [-0.05, 0) is 37.4 Å². The summed E-state index contributed by atoms with van der Waals surface area (Å²) in [5, 5.41) is 22.7. The highest BCUT2D eigenvalue weighted by Gasteiger charge is 2.24. The second kappa shape index (κ2) is 7.01. The number of nitrogens with one attached hydrogen (secondary N) is 2. The second-order valence-corrected chi connectivity index (χ2v) is 4.76. The van der Waals surface area contributed by atoms with E-state index < -0.39 is 24.1 Å². The van der Waals surface area contributed by atoms with Gasteiger partial charge >= 0.3 is 12.0 Å². The third kappa shape index (κ3) is 4.80. The molecule has 0 aliphatic rings. The number of aliphatic hydroxyl groups excluding tert-OH is 1. The van der Waals surface area contributed by atoms with E-state index in [9.17, 15) is 14.7 Å². The van der Waals surface area contributed by atoms with Crippen LogP contribution in [0.1, 0.15) is 6.92 Å². The molecule has 1 rings (SSSR count). The highest BCUT2D eigenvalue weighted by molar-refractivity contribution is 7.98. The molecule has 6 nitrogen and oxygen atoms in total. The summed E-state index contributed by atoms with van der Waals surface area (Å²) < 4.78 is 0. The van der Waals surface area contributed by atoms with Gasteiger partial charge in [-0.2, -0.15) is 0 Å². The SMILES string of the molecule is CSc1ccc(NC(=O)NC(C(=O)O)C(C)O)cc1. The van der Waals surface area contributed by atoms with Crippen LogP contribution in [0.3, 0.4) is 0 Å². The van der Waals surface area contributed by atoms with Crippen molar-refractivity contribution < 1.29 is 19.8 Å².